The molecule has 0 spiro atoms. The first-order valence-corrected chi connectivity index (χ1v) is 6.62. The van der Waals surface area contributed by atoms with Gasteiger partial charge in [0.2, 0.25) is 0 Å². The topological polar surface area (TPSA) is 27.7 Å². The van der Waals surface area contributed by atoms with Crippen molar-refractivity contribution in [1.82, 2.24) is 0 Å². The van der Waals surface area contributed by atoms with Crippen molar-refractivity contribution in [2.24, 2.45) is 0 Å². The van der Waals surface area contributed by atoms with Crippen LogP contribution in [0, 0.1) is 0 Å². The van der Waals surface area contributed by atoms with Crippen LogP contribution in [-0.4, -0.2) is 14.2 Å². The molecule has 3 nitrogen and oxygen atoms in total. The summed E-state index contributed by atoms with van der Waals surface area (Å²) >= 11 is 0. The lowest BCUT2D eigenvalue weighted by Gasteiger charge is -2.35. The number of ether oxygens (including phenoxy) is 3. The minimum atomic E-state index is -0.161. The van der Waals surface area contributed by atoms with E-state index in [1.807, 2.05) is 24.3 Å². The fourth-order valence-electron chi connectivity index (χ4n) is 2.80. The minimum Gasteiger partial charge on any atom is -0.493 e. The molecule has 3 heteroatoms. The Hall–Kier alpha value is -2.16. The molecule has 0 aromatic heterocycles. The van der Waals surface area contributed by atoms with Gasteiger partial charge < -0.3 is 14.2 Å². The number of methoxy groups -OCH3 is 2. The van der Waals surface area contributed by atoms with Crippen molar-refractivity contribution in [1.29, 1.82) is 0 Å². The first-order chi connectivity index (χ1) is 9.59. The molecule has 20 heavy (non-hydrogen) atoms. The van der Waals surface area contributed by atoms with Gasteiger partial charge in [-0.3, -0.25) is 0 Å². The molecule has 0 radical (unpaired) electrons. The number of hydrogen-bond acceptors (Lipinski definition) is 3. The van der Waals surface area contributed by atoms with Crippen LogP contribution in [0.2, 0.25) is 0 Å². The molecule has 0 N–H and O–H groups in total. The first-order valence-electron chi connectivity index (χ1n) is 6.62. The van der Waals surface area contributed by atoms with Crippen molar-refractivity contribution >= 4 is 0 Å². The van der Waals surface area contributed by atoms with E-state index in [-0.39, 0.29) is 5.41 Å². The summed E-state index contributed by atoms with van der Waals surface area (Å²) in [6.45, 7) is 4.37. The average Bonchev–Trinajstić information content (AvgIpc) is 2.46. The summed E-state index contributed by atoms with van der Waals surface area (Å²) in [4.78, 5) is 0. The summed E-state index contributed by atoms with van der Waals surface area (Å²) in [6.07, 6.45) is 0. The molecule has 2 aromatic carbocycles. The summed E-state index contributed by atoms with van der Waals surface area (Å²) < 4.78 is 17.0. The zero-order valence-corrected chi connectivity index (χ0v) is 12.2. The summed E-state index contributed by atoms with van der Waals surface area (Å²) in [7, 11) is 3.31. The van der Waals surface area contributed by atoms with Crippen LogP contribution in [0.15, 0.2) is 36.4 Å². The molecule has 1 aliphatic heterocycles. The molecule has 0 atom stereocenters. The quantitative estimate of drug-likeness (QED) is 0.821. The maximum atomic E-state index is 6.11. The third kappa shape index (κ3) is 1.66. The number of para-hydroxylation sites is 2. The number of hydrogen-bond donors (Lipinski definition) is 0. The highest BCUT2D eigenvalue weighted by Gasteiger charge is 2.37. The standard InChI is InChI=1S/C17H18O3/c1-17(2)11-7-5-9-13(18-3)15(11)20-16-12(17)8-6-10-14(16)19-4/h5-10H,1-4H3. The van der Waals surface area contributed by atoms with Crippen LogP contribution in [0.5, 0.6) is 23.0 Å². The van der Waals surface area contributed by atoms with Gasteiger partial charge in [0.15, 0.2) is 23.0 Å². The van der Waals surface area contributed by atoms with E-state index in [0.29, 0.717) is 0 Å². The van der Waals surface area contributed by atoms with Gasteiger partial charge in [-0.15, -0.1) is 0 Å². The molecule has 0 amide bonds. The lowest BCUT2D eigenvalue weighted by molar-refractivity contribution is 0.334. The van der Waals surface area contributed by atoms with E-state index < -0.39 is 0 Å². The van der Waals surface area contributed by atoms with Crippen LogP contribution >= 0.6 is 0 Å². The first kappa shape index (κ1) is 12.9. The lowest BCUT2D eigenvalue weighted by atomic mass is 9.75. The Morgan fingerprint density at radius 1 is 0.800 bits per heavy atom. The van der Waals surface area contributed by atoms with Crippen LogP contribution in [0.1, 0.15) is 25.0 Å². The van der Waals surface area contributed by atoms with Gasteiger partial charge in [-0.2, -0.15) is 0 Å². The second kappa shape index (κ2) is 4.44. The van der Waals surface area contributed by atoms with E-state index >= 15 is 0 Å². The van der Waals surface area contributed by atoms with Crippen LogP contribution < -0.4 is 14.2 Å². The summed E-state index contributed by atoms with van der Waals surface area (Å²) in [5.41, 5.74) is 2.08. The van der Waals surface area contributed by atoms with Crippen molar-refractivity contribution in [3.05, 3.63) is 47.5 Å². The second-order valence-electron chi connectivity index (χ2n) is 5.40. The summed E-state index contributed by atoms with van der Waals surface area (Å²) in [6, 6.07) is 12.0. The van der Waals surface area contributed by atoms with Crippen molar-refractivity contribution in [3.8, 4) is 23.0 Å². The Labute approximate surface area is 119 Å². The molecular weight excluding hydrogens is 252 g/mol. The molecule has 0 saturated carbocycles. The predicted molar refractivity (Wildman–Crippen MR) is 78.2 cm³/mol. The highest BCUT2D eigenvalue weighted by atomic mass is 16.5. The molecule has 0 unspecified atom stereocenters. The monoisotopic (exact) mass is 270 g/mol. The van der Waals surface area contributed by atoms with Crippen LogP contribution in [0.3, 0.4) is 0 Å². The van der Waals surface area contributed by atoms with Gasteiger partial charge in [0, 0.05) is 16.5 Å². The fourth-order valence-corrected chi connectivity index (χ4v) is 2.80. The molecule has 0 fully saturated rings. The number of benzene rings is 2. The Balaban J connectivity index is 2.28. The zero-order valence-electron chi connectivity index (χ0n) is 12.2. The third-order valence-electron chi connectivity index (χ3n) is 3.95. The molecular formula is C17H18O3. The van der Waals surface area contributed by atoms with E-state index in [2.05, 4.69) is 26.0 Å². The largest absolute Gasteiger partial charge is 0.493 e. The SMILES string of the molecule is COc1cccc2c1Oc1c(OC)cccc1C2(C)C. The predicted octanol–water partition coefficient (Wildman–Crippen LogP) is 4.14. The van der Waals surface area contributed by atoms with Gasteiger partial charge >= 0.3 is 0 Å². The van der Waals surface area contributed by atoms with Gasteiger partial charge in [-0.25, -0.2) is 0 Å². The molecule has 2 aromatic rings. The Morgan fingerprint density at radius 2 is 1.25 bits per heavy atom. The van der Waals surface area contributed by atoms with Gasteiger partial charge in [-0.05, 0) is 12.1 Å². The third-order valence-corrected chi connectivity index (χ3v) is 3.95. The van der Waals surface area contributed by atoms with Gasteiger partial charge in [-0.1, -0.05) is 38.1 Å². The van der Waals surface area contributed by atoms with Crippen molar-refractivity contribution in [2.45, 2.75) is 19.3 Å². The number of rotatable bonds is 2. The maximum Gasteiger partial charge on any atom is 0.173 e. The molecule has 3 rings (SSSR count). The lowest BCUT2D eigenvalue weighted by Crippen LogP contribution is -2.24. The molecule has 0 aliphatic carbocycles. The van der Waals surface area contributed by atoms with E-state index in [4.69, 9.17) is 14.2 Å². The second-order valence-corrected chi connectivity index (χ2v) is 5.40. The average molecular weight is 270 g/mol. The molecule has 0 bridgehead atoms. The van der Waals surface area contributed by atoms with Crippen molar-refractivity contribution in [2.75, 3.05) is 14.2 Å². The maximum absolute atomic E-state index is 6.11. The molecule has 1 heterocycles. The van der Waals surface area contributed by atoms with Crippen molar-refractivity contribution < 1.29 is 14.2 Å². The summed E-state index contributed by atoms with van der Waals surface area (Å²) in [5, 5.41) is 0. The summed E-state index contributed by atoms with van der Waals surface area (Å²) in [5.74, 6) is 3.04. The molecule has 104 valence electrons. The van der Waals surface area contributed by atoms with Crippen LogP contribution in [0.25, 0.3) is 0 Å². The minimum absolute atomic E-state index is 0.161. The number of fused-ring (bicyclic) bond motifs is 2. The van der Waals surface area contributed by atoms with Gasteiger partial charge in [0.25, 0.3) is 0 Å². The Morgan fingerprint density at radius 3 is 1.65 bits per heavy atom. The van der Waals surface area contributed by atoms with Crippen LogP contribution in [-0.2, 0) is 5.41 Å². The Bertz CT molecular complexity index is 604. The smallest absolute Gasteiger partial charge is 0.173 e. The van der Waals surface area contributed by atoms with Crippen LogP contribution in [0.4, 0.5) is 0 Å². The van der Waals surface area contributed by atoms with E-state index in [9.17, 15) is 0 Å². The van der Waals surface area contributed by atoms with E-state index in [1.165, 1.54) is 0 Å². The highest BCUT2D eigenvalue weighted by molar-refractivity contribution is 5.64. The normalized spacial score (nSPS) is 14.8. The molecule has 1 aliphatic rings. The van der Waals surface area contributed by atoms with Gasteiger partial charge in [0.05, 0.1) is 14.2 Å². The Kier molecular flexibility index (Phi) is 2.85. The molecule has 0 saturated heterocycles. The fraction of sp³-hybridized carbons (Fsp3) is 0.294. The van der Waals surface area contributed by atoms with E-state index in [0.717, 1.165) is 34.1 Å². The van der Waals surface area contributed by atoms with Gasteiger partial charge in [0.1, 0.15) is 0 Å². The van der Waals surface area contributed by atoms with Crippen molar-refractivity contribution in [3.63, 3.8) is 0 Å². The zero-order chi connectivity index (χ0) is 14.3. The highest BCUT2D eigenvalue weighted by Crippen LogP contribution is 2.53. The van der Waals surface area contributed by atoms with E-state index in [1.54, 1.807) is 14.2 Å².